The Bertz CT molecular complexity index is 1150. The summed E-state index contributed by atoms with van der Waals surface area (Å²) in [5.74, 6) is 1.35. The molecule has 0 bridgehead atoms. The molecule has 2 saturated heterocycles. The van der Waals surface area contributed by atoms with Crippen molar-refractivity contribution in [1.29, 1.82) is 0 Å². The highest BCUT2D eigenvalue weighted by atomic mass is 15.1. The van der Waals surface area contributed by atoms with E-state index in [1.165, 1.54) is 85.3 Å². The fourth-order valence-corrected chi connectivity index (χ4v) is 6.57. The van der Waals surface area contributed by atoms with E-state index in [1.807, 2.05) is 0 Å². The summed E-state index contributed by atoms with van der Waals surface area (Å²) in [6, 6.07) is 6.80. The van der Waals surface area contributed by atoms with Crippen molar-refractivity contribution in [1.82, 2.24) is 20.1 Å². The standard InChI is InChI=1S/C29H39N5/c1-29-17-23(4-6-27(29)26(19-31-29)21-10-14-34(3)15-11-21)32-22-5-7-28-24(16-22)25(18-30-28)20-8-12-33(2)13-9-20/h4-7,16,18-21,30-32H,8-15,17H2,1-3H3. The van der Waals surface area contributed by atoms with E-state index in [4.69, 9.17) is 0 Å². The molecule has 0 spiro atoms. The molecule has 3 N–H and O–H groups in total. The first kappa shape index (κ1) is 22.0. The van der Waals surface area contributed by atoms with Gasteiger partial charge in [0.05, 0.1) is 5.54 Å². The Morgan fingerprint density at radius 3 is 2.38 bits per heavy atom. The minimum atomic E-state index is -0.00671. The number of hydrogen-bond acceptors (Lipinski definition) is 4. The van der Waals surface area contributed by atoms with Gasteiger partial charge < -0.3 is 25.4 Å². The van der Waals surface area contributed by atoms with E-state index in [0.717, 1.165) is 6.42 Å². The van der Waals surface area contributed by atoms with Crippen molar-refractivity contribution in [2.45, 2.75) is 50.5 Å². The number of benzene rings is 1. The van der Waals surface area contributed by atoms with E-state index in [9.17, 15) is 0 Å². The molecule has 180 valence electrons. The summed E-state index contributed by atoms with van der Waals surface area (Å²) >= 11 is 0. The van der Waals surface area contributed by atoms with Gasteiger partial charge in [0.1, 0.15) is 0 Å². The topological polar surface area (TPSA) is 46.3 Å². The molecule has 6 rings (SSSR count). The maximum Gasteiger partial charge on any atom is 0.0649 e. The largest absolute Gasteiger partial charge is 0.381 e. The number of rotatable bonds is 4. The highest BCUT2D eigenvalue weighted by Crippen LogP contribution is 2.43. The second-order valence-electron chi connectivity index (χ2n) is 11.3. The number of aromatic amines is 1. The van der Waals surface area contributed by atoms with E-state index in [2.05, 4.69) is 89.2 Å². The van der Waals surface area contributed by atoms with Crippen LogP contribution in [0.5, 0.6) is 0 Å². The summed E-state index contributed by atoms with van der Waals surface area (Å²) in [6.07, 6.45) is 15.3. The van der Waals surface area contributed by atoms with Gasteiger partial charge in [0, 0.05) is 41.1 Å². The lowest BCUT2D eigenvalue weighted by molar-refractivity contribution is 0.239. The quantitative estimate of drug-likeness (QED) is 0.591. The smallest absolute Gasteiger partial charge is 0.0649 e. The van der Waals surface area contributed by atoms with Crippen LogP contribution >= 0.6 is 0 Å². The number of fused-ring (bicyclic) bond motifs is 2. The SMILES string of the molecule is CN1CCC(C2=CNC3(C)CC(Nc4ccc5[nH]cc(C6CCN(C)CC6)c5c4)=CC=C23)CC1. The van der Waals surface area contributed by atoms with Gasteiger partial charge in [0.25, 0.3) is 0 Å². The summed E-state index contributed by atoms with van der Waals surface area (Å²) in [6.45, 7) is 7.15. The summed E-state index contributed by atoms with van der Waals surface area (Å²) in [5.41, 5.74) is 8.24. The molecular weight excluding hydrogens is 418 g/mol. The fourth-order valence-electron chi connectivity index (χ4n) is 6.57. The molecule has 2 fully saturated rings. The van der Waals surface area contributed by atoms with Gasteiger partial charge in [-0.2, -0.15) is 0 Å². The molecule has 1 aromatic carbocycles. The van der Waals surface area contributed by atoms with Crippen molar-refractivity contribution in [2.75, 3.05) is 45.6 Å². The third-order valence-electron chi connectivity index (χ3n) is 8.78. The monoisotopic (exact) mass is 457 g/mol. The van der Waals surface area contributed by atoms with E-state index in [1.54, 1.807) is 5.57 Å². The van der Waals surface area contributed by atoms with Crippen molar-refractivity contribution in [3.8, 4) is 0 Å². The molecule has 5 nitrogen and oxygen atoms in total. The summed E-state index contributed by atoms with van der Waals surface area (Å²) < 4.78 is 0. The number of H-pyrrole nitrogens is 1. The molecule has 5 heteroatoms. The van der Waals surface area contributed by atoms with Gasteiger partial charge in [-0.05, 0) is 126 Å². The summed E-state index contributed by atoms with van der Waals surface area (Å²) in [5, 5.41) is 8.90. The summed E-state index contributed by atoms with van der Waals surface area (Å²) in [4.78, 5) is 8.42. The highest BCUT2D eigenvalue weighted by molar-refractivity contribution is 5.87. The first-order chi connectivity index (χ1) is 16.5. The third kappa shape index (κ3) is 3.99. The van der Waals surface area contributed by atoms with Gasteiger partial charge in [-0.3, -0.25) is 0 Å². The predicted octanol–water partition coefficient (Wildman–Crippen LogP) is 5.19. The van der Waals surface area contributed by atoms with E-state index < -0.39 is 0 Å². The number of hydrogen-bond donors (Lipinski definition) is 3. The van der Waals surface area contributed by atoms with Crippen LogP contribution in [0.3, 0.4) is 0 Å². The van der Waals surface area contributed by atoms with Gasteiger partial charge in [0.15, 0.2) is 0 Å². The molecule has 2 aromatic rings. The van der Waals surface area contributed by atoms with Gasteiger partial charge in [-0.25, -0.2) is 0 Å². The first-order valence-electron chi connectivity index (χ1n) is 13.1. The third-order valence-corrected chi connectivity index (χ3v) is 8.78. The predicted molar refractivity (Wildman–Crippen MR) is 142 cm³/mol. The van der Waals surface area contributed by atoms with Crippen molar-refractivity contribution in [3.05, 3.63) is 65.2 Å². The maximum atomic E-state index is 3.76. The zero-order valence-corrected chi connectivity index (χ0v) is 21.0. The van der Waals surface area contributed by atoms with Crippen molar-refractivity contribution >= 4 is 16.6 Å². The Morgan fingerprint density at radius 1 is 0.941 bits per heavy atom. The molecule has 1 atom stereocenters. The molecule has 1 unspecified atom stereocenters. The molecule has 1 aromatic heterocycles. The van der Waals surface area contributed by atoms with Crippen LogP contribution in [0, 0.1) is 5.92 Å². The molecular formula is C29H39N5. The number of allylic oxidation sites excluding steroid dienone is 2. The average molecular weight is 458 g/mol. The maximum absolute atomic E-state index is 3.76. The zero-order valence-electron chi connectivity index (χ0n) is 21.0. The second-order valence-corrected chi connectivity index (χ2v) is 11.3. The van der Waals surface area contributed by atoms with Crippen LogP contribution in [0.25, 0.3) is 10.9 Å². The molecule has 4 aliphatic rings. The van der Waals surface area contributed by atoms with Crippen LogP contribution in [-0.4, -0.2) is 60.6 Å². The Balaban J connectivity index is 1.21. The van der Waals surface area contributed by atoms with Crippen LogP contribution in [0.1, 0.15) is 50.5 Å². The first-order valence-corrected chi connectivity index (χ1v) is 13.1. The Kier molecular flexibility index (Phi) is 5.57. The van der Waals surface area contributed by atoms with E-state index in [0.29, 0.717) is 11.8 Å². The number of piperidine rings is 2. The fraction of sp³-hybridized carbons (Fsp3) is 0.517. The average Bonchev–Trinajstić information content (AvgIpc) is 3.40. The van der Waals surface area contributed by atoms with Gasteiger partial charge in [-0.1, -0.05) is 6.08 Å². The van der Waals surface area contributed by atoms with Gasteiger partial charge >= 0.3 is 0 Å². The molecule has 0 amide bonds. The normalized spacial score (nSPS) is 27.2. The second kappa shape index (κ2) is 8.62. The van der Waals surface area contributed by atoms with Crippen molar-refractivity contribution < 1.29 is 0 Å². The number of aromatic nitrogens is 1. The number of likely N-dealkylation sites (tertiary alicyclic amines) is 2. The summed E-state index contributed by atoms with van der Waals surface area (Å²) in [7, 11) is 4.47. The van der Waals surface area contributed by atoms with Crippen LogP contribution < -0.4 is 10.6 Å². The van der Waals surface area contributed by atoms with E-state index in [-0.39, 0.29) is 5.54 Å². The van der Waals surface area contributed by atoms with Crippen LogP contribution in [0.15, 0.2) is 59.6 Å². The van der Waals surface area contributed by atoms with Crippen molar-refractivity contribution in [2.24, 2.45) is 5.92 Å². The molecule has 0 radical (unpaired) electrons. The molecule has 1 aliphatic carbocycles. The van der Waals surface area contributed by atoms with Crippen LogP contribution in [0.2, 0.25) is 0 Å². The number of anilines is 1. The van der Waals surface area contributed by atoms with Crippen LogP contribution in [0.4, 0.5) is 5.69 Å². The lowest BCUT2D eigenvalue weighted by Gasteiger charge is -2.35. The minimum absolute atomic E-state index is 0.00671. The Hall–Kier alpha value is -2.50. The molecule has 4 heterocycles. The van der Waals surface area contributed by atoms with E-state index >= 15 is 0 Å². The zero-order chi connectivity index (χ0) is 23.3. The van der Waals surface area contributed by atoms with Crippen LogP contribution in [-0.2, 0) is 0 Å². The lowest BCUT2D eigenvalue weighted by atomic mass is 9.76. The molecule has 0 saturated carbocycles. The Morgan fingerprint density at radius 2 is 1.65 bits per heavy atom. The number of nitrogens with one attached hydrogen (secondary N) is 3. The Labute approximate surface area is 204 Å². The van der Waals surface area contributed by atoms with Gasteiger partial charge in [-0.15, -0.1) is 0 Å². The molecule has 34 heavy (non-hydrogen) atoms. The number of nitrogens with zero attached hydrogens (tertiary/aromatic N) is 2. The van der Waals surface area contributed by atoms with Crippen molar-refractivity contribution in [3.63, 3.8) is 0 Å². The van der Waals surface area contributed by atoms with Gasteiger partial charge in [0.2, 0.25) is 0 Å². The minimum Gasteiger partial charge on any atom is -0.381 e. The lowest BCUT2D eigenvalue weighted by Crippen LogP contribution is -2.40. The molecule has 3 aliphatic heterocycles. The highest BCUT2D eigenvalue weighted by Gasteiger charge is 2.40.